The topological polar surface area (TPSA) is 6.48 Å². The van der Waals surface area contributed by atoms with E-state index < -0.39 is 15.9 Å². The Morgan fingerprint density at radius 3 is 1.10 bits per heavy atom. The van der Waals surface area contributed by atoms with Gasteiger partial charge in [0.1, 0.15) is 0 Å². The molecule has 2 radical (unpaired) electrons. The van der Waals surface area contributed by atoms with Crippen molar-refractivity contribution in [2.75, 3.05) is 7.71 Å². The third kappa shape index (κ3) is 4.45. The number of nitrogens with zero attached hydrogens (tertiary/aromatic N) is 2. The fourth-order valence-electron chi connectivity index (χ4n) is 4.94. The number of hydrogen-bond acceptors (Lipinski definition) is 2. The first-order valence-corrected chi connectivity index (χ1v) is 12.9. The van der Waals surface area contributed by atoms with Gasteiger partial charge in [0.25, 0.3) is 0 Å². The molecule has 2 aliphatic carbocycles. The van der Waals surface area contributed by atoms with Crippen molar-refractivity contribution in [3.05, 3.63) is 106 Å². The van der Waals surface area contributed by atoms with Gasteiger partial charge in [-0.3, -0.25) is 0 Å². The van der Waals surface area contributed by atoms with Crippen molar-refractivity contribution in [3.63, 3.8) is 0 Å². The molecule has 2 aliphatic rings. The predicted octanol–water partition coefficient (Wildman–Crippen LogP) is 6.37. The molecule has 0 aromatic heterocycles. The number of allylic oxidation sites excluding steroid dienone is 4. The van der Waals surface area contributed by atoms with Gasteiger partial charge in [-0.15, -0.1) is 0 Å². The molecule has 0 heterocycles. The molecule has 0 amide bonds. The van der Waals surface area contributed by atoms with Crippen LogP contribution in [0.25, 0.3) is 0 Å². The summed E-state index contributed by atoms with van der Waals surface area (Å²) in [5.41, 5.74) is 10.9. The van der Waals surface area contributed by atoms with E-state index in [-0.39, 0.29) is 0 Å². The van der Waals surface area contributed by atoms with Gasteiger partial charge in [-0.1, -0.05) is 0 Å². The standard InChI is InChI=1S/C28H32GeN2/c1-19-15-21(3)27(22(4)16-19)30(25-11-7-8-12-25)29-31(26-13-9-10-14-26)28-23(5)17-20(2)18-24(28)6/h7-18,25-26H,1-6H3. The van der Waals surface area contributed by atoms with Gasteiger partial charge < -0.3 is 0 Å². The zero-order valence-corrected chi connectivity index (χ0v) is 21.6. The molecule has 31 heavy (non-hydrogen) atoms. The molecular weight excluding hydrogens is 437 g/mol. The van der Waals surface area contributed by atoms with E-state index in [1.54, 1.807) is 0 Å². The van der Waals surface area contributed by atoms with Crippen molar-refractivity contribution < 1.29 is 0 Å². The van der Waals surface area contributed by atoms with Crippen molar-refractivity contribution in [2.45, 2.75) is 53.6 Å². The van der Waals surface area contributed by atoms with E-state index in [9.17, 15) is 0 Å². The van der Waals surface area contributed by atoms with E-state index in [4.69, 9.17) is 0 Å². The number of anilines is 2. The third-order valence-corrected chi connectivity index (χ3v) is 9.11. The van der Waals surface area contributed by atoms with Crippen molar-refractivity contribution in [1.29, 1.82) is 0 Å². The van der Waals surface area contributed by atoms with Crippen LogP contribution in [0.2, 0.25) is 0 Å². The molecule has 0 saturated carbocycles. The van der Waals surface area contributed by atoms with Crippen LogP contribution in [-0.4, -0.2) is 28.0 Å². The van der Waals surface area contributed by atoms with Gasteiger partial charge in [-0.2, -0.15) is 0 Å². The third-order valence-electron chi connectivity index (χ3n) is 6.02. The molecule has 0 N–H and O–H groups in total. The molecule has 3 heteroatoms. The Bertz CT molecular complexity index is 948. The Kier molecular flexibility index (Phi) is 6.29. The number of hydrogen-bond donors (Lipinski definition) is 0. The fraction of sp³-hybridized carbons (Fsp3) is 0.286. The summed E-state index contributed by atoms with van der Waals surface area (Å²) >= 11 is -0.697. The van der Waals surface area contributed by atoms with Crippen LogP contribution in [0, 0.1) is 41.5 Å². The Labute approximate surface area is 194 Å². The van der Waals surface area contributed by atoms with Gasteiger partial charge in [-0.05, 0) is 0 Å². The van der Waals surface area contributed by atoms with Gasteiger partial charge in [0, 0.05) is 0 Å². The van der Waals surface area contributed by atoms with Gasteiger partial charge >= 0.3 is 195 Å². The average Bonchev–Trinajstić information content (AvgIpc) is 3.38. The Balaban J connectivity index is 1.83. The van der Waals surface area contributed by atoms with E-state index in [2.05, 4.69) is 122 Å². The predicted molar refractivity (Wildman–Crippen MR) is 136 cm³/mol. The molecule has 0 saturated heterocycles. The Morgan fingerprint density at radius 1 is 0.516 bits per heavy atom. The van der Waals surface area contributed by atoms with Crippen molar-refractivity contribution in [1.82, 2.24) is 0 Å². The van der Waals surface area contributed by atoms with Gasteiger partial charge in [-0.25, -0.2) is 0 Å². The molecule has 0 unspecified atom stereocenters. The summed E-state index contributed by atoms with van der Waals surface area (Å²) in [6, 6.07) is 9.92. The van der Waals surface area contributed by atoms with Crippen LogP contribution in [0.4, 0.5) is 11.4 Å². The molecule has 0 atom stereocenters. The summed E-state index contributed by atoms with van der Waals surface area (Å²) in [6.07, 6.45) is 18.1. The van der Waals surface area contributed by atoms with Gasteiger partial charge in [0.2, 0.25) is 0 Å². The number of aryl methyl sites for hydroxylation is 6. The molecule has 2 aromatic rings. The number of rotatable bonds is 6. The molecule has 4 rings (SSSR count). The first kappa shape index (κ1) is 21.8. The molecule has 0 spiro atoms. The summed E-state index contributed by atoms with van der Waals surface area (Å²) in [6.45, 7) is 13.4. The van der Waals surface area contributed by atoms with Crippen LogP contribution in [0.1, 0.15) is 33.4 Å². The first-order valence-electron chi connectivity index (χ1n) is 11.1. The molecule has 158 valence electrons. The fourth-order valence-corrected chi connectivity index (χ4v) is 8.61. The maximum absolute atomic E-state index is 2.68. The molecule has 2 aromatic carbocycles. The Hall–Kier alpha value is -2.46. The van der Waals surface area contributed by atoms with E-state index in [1.165, 1.54) is 44.8 Å². The number of benzene rings is 2. The molecule has 0 bridgehead atoms. The maximum atomic E-state index is 2.68. The summed E-state index contributed by atoms with van der Waals surface area (Å²) in [4.78, 5) is 0. The van der Waals surface area contributed by atoms with Crippen LogP contribution in [0.5, 0.6) is 0 Å². The SMILES string of the molecule is Cc1cc(C)c([N]([Ge][N](c2c(C)cc(C)cc2C)C2C=CC=C2)C2C=CC=C2)c(C)c1. The molecule has 2 nitrogen and oxygen atoms in total. The van der Waals surface area contributed by atoms with Crippen molar-refractivity contribution in [3.8, 4) is 0 Å². The second-order valence-electron chi connectivity index (χ2n) is 8.86. The minimum absolute atomic E-state index is 0.308. The van der Waals surface area contributed by atoms with Crippen molar-refractivity contribution >= 4 is 27.3 Å². The van der Waals surface area contributed by atoms with E-state index in [0.29, 0.717) is 12.1 Å². The normalized spacial score (nSPS) is 15.4. The van der Waals surface area contributed by atoms with Crippen molar-refractivity contribution in [2.24, 2.45) is 0 Å². The summed E-state index contributed by atoms with van der Waals surface area (Å²) < 4.78 is 5.37. The summed E-state index contributed by atoms with van der Waals surface area (Å²) in [7, 11) is 0. The van der Waals surface area contributed by atoms with E-state index >= 15 is 0 Å². The summed E-state index contributed by atoms with van der Waals surface area (Å²) in [5, 5.41) is 0. The minimum atomic E-state index is -0.697. The van der Waals surface area contributed by atoms with E-state index in [0.717, 1.165) is 0 Å². The monoisotopic (exact) mass is 470 g/mol. The van der Waals surface area contributed by atoms with Gasteiger partial charge in [0.05, 0.1) is 0 Å². The molecule has 0 aliphatic heterocycles. The molecule has 0 fully saturated rings. The Morgan fingerprint density at radius 2 is 0.806 bits per heavy atom. The van der Waals surface area contributed by atoms with Gasteiger partial charge in [0.15, 0.2) is 0 Å². The average molecular weight is 469 g/mol. The van der Waals surface area contributed by atoms with Crippen LogP contribution < -0.4 is 7.71 Å². The second kappa shape index (κ2) is 8.96. The zero-order valence-electron chi connectivity index (χ0n) is 19.5. The van der Waals surface area contributed by atoms with Crippen LogP contribution >= 0.6 is 0 Å². The quantitative estimate of drug-likeness (QED) is 0.454. The zero-order chi connectivity index (χ0) is 22.1. The first-order chi connectivity index (χ1) is 14.8. The van der Waals surface area contributed by atoms with Crippen LogP contribution in [0.3, 0.4) is 0 Å². The van der Waals surface area contributed by atoms with E-state index in [1.807, 2.05) is 0 Å². The molecular formula is C28H32GeN2. The second-order valence-corrected chi connectivity index (χ2v) is 11.3. The van der Waals surface area contributed by atoms with Crippen LogP contribution in [-0.2, 0) is 0 Å². The van der Waals surface area contributed by atoms with Crippen LogP contribution in [0.15, 0.2) is 72.9 Å². The summed E-state index contributed by atoms with van der Waals surface area (Å²) in [5.74, 6) is 0.